The Morgan fingerprint density at radius 1 is 1.56 bits per heavy atom. The van der Waals surface area contributed by atoms with Crippen LogP contribution in [0.4, 0.5) is 0 Å². The van der Waals surface area contributed by atoms with Crippen molar-refractivity contribution < 1.29 is 9.53 Å². The number of carbonyl (C=O) groups is 1. The maximum absolute atomic E-state index is 11.6. The largest absolute Gasteiger partial charge is 0.382 e. The zero-order chi connectivity index (χ0) is 11.6. The molecule has 0 aromatic heterocycles. The van der Waals surface area contributed by atoms with Gasteiger partial charge in [0, 0.05) is 26.2 Å². The van der Waals surface area contributed by atoms with Gasteiger partial charge in [-0.2, -0.15) is 0 Å². The summed E-state index contributed by atoms with van der Waals surface area (Å²) in [5, 5.41) is 6.27. The van der Waals surface area contributed by atoms with E-state index in [-0.39, 0.29) is 5.91 Å². The third-order valence-electron chi connectivity index (χ3n) is 2.86. The predicted molar refractivity (Wildman–Crippen MR) is 64.3 cm³/mol. The number of hydrogen-bond acceptors (Lipinski definition) is 3. The van der Waals surface area contributed by atoms with Gasteiger partial charge in [-0.3, -0.25) is 4.79 Å². The van der Waals surface area contributed by atoms with Crippen molar-refractivity contribution in [2.45, 2.75) is 32.6 Å². The molecule has 0 saturated carbocycles. The number of amides is 1. The first kappa shape index (κ1) is 13.5. The van der Waals surface area contributed by atoms with Gasteiger partial charge in [-0.25, -0.2) is 0 Å². The first-order valence-electron chi connectivity index (χ1n) is 6.38. The molecular formula is C12H24N2O2. The van der Waals surface area contributed by atoms with E-state index in [4.69, 9.17) is 4.74 Å². The molecule has 0 aromatic rings. The lowest BCUT2D eigenvalue weighted by Crippen LogP contribution is -2.34. The minimum absolute atomic E-state index is 0.185. The molecule has 0 spiro atoms. The van der Waals surface area contributed by atoms with E-state index in [2.05, 4.69) is 10.6 Å². The van der Waals surface area contributed by atoms with E-state index in [1.54, 1.807) is 0 Å². The maximum Gasteiger partial charge on any atom is 0.220 e. The predicted octanol–water partition coefficient (Wildman–Crippen LogP) is 0.919. The summed E-state index contributed by atoms with van der Waals surface area (Å²) in [4.78, 5) is 11.6. The number of carbonyl (C=O) groups excluding carboxylic acids is 1. The van der Waals surface area contributed by atoms with E-state index in [0.29, 0.717) is 12.3 Å². The molecule has 0 aliphatic carbocycles. The Kier molecular flexibility index (Phi) is 7.17. The lowest BCUT2D eigenvalue weighted by molar-refractivity contribution is -0.122. The van der Waals surface area contributed by atoms with Crippen LogP contribution in [0.1, 0.15) is 32.6 Å². The van der Waals surface area contributed by atoms with E-state index in [1.165, 1.54) is 12.8 Å². The Hall–Kier alpha value is -0.610. The van der Waals surface area contributed by atoms with Crippen molar-refractivity contribution in [1.29, 1.82) is 0 Å². The van der Waals surface area contributed by atoms with Crippen molar-refractivity contribution in [3.05, 3.63) is 0 Å². The Morgan fingerprint density at radius 3 is 3.12 bits per heavy atom. The van der Waals surface area contributed by atoms with Crippen LogP contribution in [0.2, 0.25) is 0 Å². The molecule has 16 heavy (non-hydrogen) atoms. The smallest absolute Gasteiger partial charge is 0.220 e. The highest BCUT2D eigenvalue weighted by Gasteiger charge is 2.16. The van der Waals surface area contributed by atoms with Crippen molar-refractivity contribution >= 4 is 5.91 Å². The van der Waals surface area contributed by atoms with Crippen LogP contribution in [-0.4, -0.2) is 38.8 Å². The number of ether oxygens (including phenoxy) is 1. The monoisotopic (exact) mass is 228 g/mol. The molecule has 0 bridgehead atoms. The molecule has 1 unspecified atom stereocenters. The van der Waals surface area contributed by atoms with Crippen LogP contribution in [0.3, 0.4) is 0 Å². The van der Waals surface area contributed by atoms with Gasteiger partial charge in [-0.15, -0.1) is 0 Å². The highest BCUT2D eigenvalue weighted by Crippen LogP contribution is 2.13. The van der Waals surface area contributed by atoms with Crippen LogP contribution in [-0.2, 0) is 9.53 Å². The molecule has 1 amide bonds. The van der Waals surface area contributed by atoms with Crippen molar-refractivity contribution in [3.8, 4) is 0 Å². The normalized spacial score (nSPS) is 20.7. The van der Waals surface area contributed by atoms with Crippen molar-refractivity contribution in [1.82, 2.24) is 10.6 Å². The summed E-state index contributed by atoms with van der Waals surface area (Å²) in [6, 6.07) is 0. The third kappa shape index (κ3) is 6.08. The molecule has 1 aliphatic rings. The number of nitrogens with one attached hydrogen (secondary N) is 2. The number of rotatable bonds is 7. The van der Waals surface area contributed by atoms with Gasteiger partial charge in [-0.05, 0) is 45.2 Å². The van der Waals surface area contributed by atoms with Crippen LogP contribution >= 0.6 is 0 Å². The second kappa shape index (κ2) is 8.53. The molecule has 4 nitrogen and oxygen atoms in total. The summed E-state index contributed by atoms with van der Waals surface area (Å²) in [5.74, 6) is 0.714. The second-order valence-corrected chi connectivity index (χ2v) is 4.32. The van der Waals surface area contributed by atoms with E-state index < -0.39 is 0 Å². The maximum atomic E-state index is 11.6. The zero-order valence-corrected chi connectivity index (χ0v) is 10.3. The van der Waals surface area contributed by atoms with E-state index >= 15 is 0 Å². The molecule has 1 heterocycles. The molecular weight excluding hydrogens is 204 g/mol. The fraction of sp³-hybridized carbons (Fsp3) is 0.917. The van der Waals surface area contributed by atoms with Gasteiger partial charge in [0.05, 0.1) is 0 Å². The van der Waals surface area contributed by atoms with Gasteiger partial charge >= 0.3 is 0 Å². The summed E-state index contributed by atoms with van der Waals surface area (Å²) in [7, 11) is 0. The first-order chi connectivity index (χ1) is 7.83. The van der Waals surface area contributed by atoms with Gasteiger partial charge in [0.15, 0.2) is 0 Å². The summed E-state index contributed by atoms with van der Waals surface area (Å²) in [5.41, 5.74) is 0. The van der Waals surface area contributed by atoms with Crippen molar-refractivity contribution in [2.75, 3.05) is 32.8 Å². The minimum Gasteiger partial charge on any atom is -0.382 e. The molecule has 0 radical (unpaired) electrons. The Bertz CT molecular complexity index is 191. The topological polar surface area (TPSA) is 50.4 Å². The molecule has 4 heteroatoms. The lowest BCUT2D eigenvalue weighted by atomic mass is 9.96. The summed E-state index contributed by atoms with van der Waals surface area (Å²) < 4.78 is 5.20. The van der Waals surface area contributed by atoms with E-state index in [9.17, 15) is 4.79 Å². The Balaban J connectivity index is 1.97. The molecule has 1 saturated heterocycles. The molecule has 1 aliphatic heterocycles. The second-order valence-electron chi connectivity index (χ2n) is 4.32. The average Bonchev–Trinajstić information content (AvgIpc) is 2.30. The third-order valence-corrected chi connectivity index (χ3v) is 2.86. The fourth-order valence-electron chi connectivity index (χ4n) is 1.98. The lowest BCUT2D eigenvalue weighted by Gasteiger charge is -2.22. The van der Waals surface area contributed by atoms with Gasteiger partial charge < -0.3 is 15.4 Å². The van der Waals surface area contributed by atoms with Gasteiger partial charge in [0.25, 0.3) is 0 Å². The molecule has 1 fully saturated rings. The van der Waals surface area contributed by atoms with Crippen molar-refractivity contribution in [2.24, 2.45) is 5.92 Å². The summed E-state index contributed by atoms with van der Waals surface area (Å²) in [6.07, 6.45) is 3.95. The van der Waals surface area contributed by atoms with Gasteiger partial charge in [0.1, 0.15) is 0 Å². The first-order valence-corrected chi connectivity index (χ1v) is 6.38. The molecule has 1 rings (SSSR count). The quantitative estimate of drug-likeness (QED) is 0.637. The molecule has 94 valence electrons. The number of hydrogen-bond donors (Lipinski definition) is 2. The summed E-state index contributed by atoms with van der Waals surface area (Å²) >= 11 is 0. The zero-order valence-electron chi connectivity index (χ0n) is 10.3. The van der Waals surface area contributed by atoms with Gasteiger partial charge in [0.2, 0.25) is 5.91 Å². The van der Waals surface area contributed by atoms with Crippen LogP contribution in [0, 0.1) is 5.92 Å². The number of piperidine rings is 1. The minimum atomic E-state index is 0.185. The van der Waals surface area contributed by atoms with Crippen LogP contribution in [0.25, 0.3) is 0 Å². The Morgan fingerprint density at radius 2 is 2.44 bits per heavy atom. The molecule has 2 N–H and O–H groups in total. The fourth-order valence-corrected chi connectivity index (χ4v) is 1.98. The Labute approximate surface area is 98.1 Å². The van der Waals surface area contributed by atoms with Gasteiger partial charge in [-0.1, -0.05) is 0 Å². The summed E-state index contributed by atoms with van der Waals surface area (Å²) in [6.45, 7) is 6.30. The SMILES string of the molecule is CCOCCCNC(=O)CC1CCCNC1. The molecule has 0 aromatic carbocycles. The van der Waals surface area contributed by atoms with Crippen LogP contribution in [0.5, 0.6) is 0 Å². The highest BCUT2D eigenvalue weighted by molar-refractivity contribution is 5.76. The van der Waals surface area contributed by atoms with Crippen LogP contribution in [0.15, 0.2) is 0 Å². The average molecular weight is 228 g/mol. The highest BCUT2D eigenvalue weighted by atomic mass is 16.5. The van der Waals surface area contributed by atoms with E-state index in [1.807, 2.05) is 6.92 Å². The van der Waals surface area contributed by atoms with E-state index in [0.717, 1.165) is 39.3 Å². The molecule has 1 atom stereocenters. The standard InChI is InChI=1S/C12H24N2O2/c1-2-16-8-4-7-14-12(15)9-11-5-3-6-13-10-11/h11,13H,2-10H2,1H3,(H,14,15). The van der Waals surface area contributed by atoms with Crippen molar-refractivity contribution in [3.63, 3.8) is 0 Å². The van der Waals surface area contributed by atoms with Crippen LogP contribution < -0.4 is 10.6 Å².